The molecule has 0 amide bonds. The van der Waals surface area contributed by atoms with Crippen LogP contribution in [0.3, 0.4) is 0 Å². The number of fused-ring (bicyclic) bond motifs is 1. The highest BCUT2D eigenvalue weighted by Gasteiger charge is 2.24. The molecule has 2 aromatic heterocycles. The summed E-state index contributed by atoms with van der Waals surface area (Å²) in [5.41, 5.74) is 7.59. The molecule has 2 heterocycles. The van der Waals surface area contributed by atoms with Gasteiger partial charge in [0.1, 0.15) is 5.52 Å². The first-order valence-corrected chi connectivity index (χ1v) is 10.0. The molecule has 1 aromatic carbocycles. The molecule has 28 heavy (non-hydrogen) atoms. The van der Waals surface area contributed by atoms with Crippen molar-refractivity contribution in [3.8, 4) is 0 Å². The molecular formula is C19H23N5O3S. The number of hydrogen-bond donors (Lipinski definition) is 1. The van der Waals surface area contributed by atoms with Crippen molar-refractivity contribution in [1.29, 1.82) is 0 Å². The second-order valence-corrected chi connectivity index (χ2v) is 7.41. The highest BCUT2D eigenvalue weighted by molar-refractivity contribution is 7.99. The fourth-order valence-corrected chi connectivity index (χ4v) is 3.67. The van der Waals surface area contributed by atoms with E-state index in [0.717, 1.165) is 17.7 Å². The molecule has 0 radical (unpaired) electrons. The Morgan fingerprint density at radius 2 is 2.00 bits per heavy atom. The van der Waals surface area contributed by atoms with Crippen LogP contribution in [0.1, 0.15) is 39.0 Å². The second kappa shape index (κ2) is 8.47. The number of nitrogens with zero attached hydrogens (tertiary/aromatic N) is 4. The zero-order valence-electron chi connectivity index (χ0n) is 16.1. The molecular weight excluding hydrogens is 378 g/mol. The highest BCUT2D eigenvalue weighted by Crippen LogP contribution is 2.25. The minimum Gasteiger partial charge on any atom is -0.442 e. The summed E-state index contributed by atoms with van der Waals surface area (Å²) in [5.74, 6) is 0.544. The topological polar surface area (TPSA) is 105 Å². The van der Waals surface area contributed by atoms with E-state index in [0.29, 0.717) is 22.9 Å². The molecule has 0 spiro atoms. The molecule has 0 aliphatic heterocycles. The number of anilines is 1. The number of carbonyl (C=O) groups excluding carboxylic acids is 1. The van der Waals surface area contributed by atoms with Crippen LogP contribution >= 0.6 is 11.8 Å². The fraction of sp³-hybridized carbons (Fsp3) is 0.368. The van der Waals surface area contributed by atoms with Crippen molar-refractivity contribution in [1.82, 2.24) is 19.1 Å². The zero-order valence-corrected chi connectivity index (χ0v) is 16.9. The van der Waals surface area contributed by atoms with Gasteiger partial charge in [-0.25, -0.2) is 19.3 Å². The third kappa shape index (κ3) is 4.04. The van der Waals surface area contributed by atoms with Crippen molar-refractivity contribution >= 4 is 34.7 Å². The van der Waals surface area contributed by atoms with Gasteiger partial charge >= 0.3 is 11.7 Å². The zero-order chi connectivity index (χ0) is 20.3. The predicted octanol–water partition coefficient (Wildman–Crippen LogP) is 2.81. The summed E-state index contributed by atoms with van der Waals surface area (Å²) in [6, 6.07) is 9.60. The standard InChI is InChI=1S/C19H23N5O3S/c1-4-10-28-18-21-16(20)15-17(22-18)23(11-14-8-6-5-7-9-14)19(26)24(15)12(2)27-13(3)25/h5-9,12H,4,10-11H2,1-3H3,(H2,20,21,22). The highest BCUT2D eigenvalue weighted by atomic mass is 32.2. The summed E-state index contributed by atoms with van der Waals surface area (Å²) in [4.78, 5) is 33.5. The molecule has 0 aliphatic carbocycles. The molecule has 1 atom stereocenters. The minimum atomic E-state index is -0.829. The molecule has 0 aliphatic rings. The molecule has 0 saturated heterocycles. The number of carbonyl (C=O) groups is 1. The van der Waals surface area contributed by atoms with Gasteiger partial charge in [0.25, 0.3) is 0 Å². The first-order valence-electron chi connectivity index (χ1n) is 9.04. The quantitative estimate of drug-likeness (QED) is 0.369. The van der Waals surface area contributed by atoms with Crippen LogP contribution in [0.25, 0.3) is 11.2 Å². The predicted molar refractivity (Wildman–Crippen MR) is 109 cm³/mol. The molecule has 148 valence electrons. The van der Waals surface area contributed by atoms with Gasteiger partial charge in [-0.1, -0.05) is 49.0 Å². The lowest BCUT2D eigenvalue weighted by atomic mass is 10.2. The van der Waals surface area contributed by atoms with Gasteiger partial charge in [-0.2, -0.15) is 0 Å². The Labute approximate surface area is 166 Å². The maximum atomic E-state index is 13.2. The Hall–Kier alpha value is -2.81. The number of esters is 1. The Bertz CT molecular complexity index is 1050. The number of rotatable bonds is 7. The summed E-state index contributed by atoms with van der Waals surface area (Å²) in [7, 11) is 0. The lowest BCUT2D eigenvalue weighted by Crippen LogP contribution is -2.28. The van der Waals surface area contributed by atoms with Crippen molar-refractivity contribution in [3.05, 3.63) is 46.4 Å². The van der Waals surface area contributed by atoms with E-state index < -0.39 is 12.2 Å². The largest absolute Gasteiger partial charge is 0.442 e. The Morgan fingerprint density at radius 3 is 2.64 bits per heavy atom. The molecule has 3 rings (SSSR count). The van der Waals surface area contributed by atoms with Crippen LogP contribution in [0.4, 0.5) is 5.82 Å². The number of thioether (sulfide) groups is 1. The van der Waals surface area contributed by atoms with E-state index in [9.17, 15) is 9.59 Å². The summed E-state index contributed by atoms with van der Waals surface area (Å²) in [5, 5.41) is 0.519. The number of nitrogens with two attached hydrogens (primary N) is 1. The number of benzene rings is 1. The van der Waals surface area contributed by atoms with Crippen molar-refractivity contribution < 1.29 is 9.53 Å². The molecule has 9 heteroatoms. The third-order valence-corrected chi connectivity index (χ3v) is 5.18. The van der Waals surface area contributed by atoms with E-state index in [2.05, 4.69) is 16.9 Å². The van der Waals surface area contributed by atoms with E-state index in [4.69, 9.17) is 10.5 Å². The third-order valence-electron chi connectivity index (χ3n) is 4.12. The summed E-state index contributed by atoms with van der Waals surface area (Å²) < 4.78 is 8.11. The number of ether oxygens (including phenoxy) is 1. The van der Waals surface area contributed by atoms with Crippen LogP contribution in [-0.4, -0.2) is 30.8 Å². The molecule has 8 nitrogen and oxygen atoms in total. The van der Waals surface area contributed by atoms with Crippen LogP contribution in [0, 0.1) is 0 Å². The first-order chi connectivity index (χ1) is 13.4. The monoisotopic (exact) mass is 401 g/mol. The SMILES string of the molecule is CCCSc1nc(N)c2c(n1)n(Cc1ccccc1)c(=O)n2C(C)OC(C)=O. The van der Waals surface area contributed by atoms with Crippen LogP contribution in [-0.2, 0) is 16.1 Å². The van der Waals surface area contributed by atoms with Gasteiger partial charge in [-0.3, -0.25) is 9.36 Å². The van der Waals surface area contributed by atoms with Gasteiger partial charge in [0.05, 0.1) is 6.54 Å². The molecule has 2 N–H and O–H groups in total. The van der Waals surface area contributed by atoms with E-state index in [-0.39, 0.29) is 11.5 Å². The summed E-state index contributed by atoms with van der Waals surface area (Å²) in [6.07, 6.45) is 0.136. The lowest BCUT2D eigenvalue weighted by Gasteiger charge is -2.13. The average molecular weight is 401 g/mol. The Morgan fingerprint density at radius 1 is 1.29 bits per heavy atom. The van der Waals surface area contributed by atoms with E-state index in [1.165, 1.54) is 23.3 Å². The van der Waals surface area contributed by atoms with E-state index in [1.54, 1.807) is 11.5 Å². The number of hydrogen-bond acceptors (Lipinski definition) is 7. The Balaban J connectivity index is 2.21. The van der Waals surface area contributed by atoms with Gasteiger partial charge in [0.2, 0.25) is 0 Å². The van der Waals surface area contributed by atoms with Gasteiger partial charge < -0.3 is 10.5 Å². The van der Waals surface area contributed by atoms with E-state index >= 15 is 0 Å². The number of nitrogen functional groups attached to an aromatic ring is 1. The maximum absolute atomic E-state index is 13.2. The van der Waals surface area contributed by atoms with Gasteiger partial charge in [0.15, 0.2) is 22.8 Å². The van der Waals surface area contributed by atoms with Crippen molar-refractivity contribution in [3.63, 3.8) is 0 Å². The molecule has 1 unspecified atom stereocenters. The van der Waals surface area contributed by atoms with Crippen LogP contribution < -0.4 is 11.4 Å². The maximum Gasteiger partial charge on any atom is 0.333 e. The molecule has 0 fully saturated rings. The van der Waals surface area contributed by atoms with Crippen LogP contribution in [0.2, 0.25) is 0 Å². The molecule has 3 aromatic rings. The van der Waals surface area contributed by atoms with Gasteiger partial charge in [-0.05, 0) is 18.9 Å². The summed E-state index contributed by atoms with van der Waals surface area (Å²) >= 11 is 1.49. The summed E-state index contributed by atoms with van der Waals surface area (Å²) in [6.45, 7) is 5.31. The normalized spacial score (nSPS) is 12.2. The number of aromatic nitrogens is 4. The van der Waals surface area contributed by atoms with Crippen molar-refractivity contribution in [2.75, 3.05) is 11.5 Å². The first kappa shape index (κ1) is 19.9. The fourth-order valence-electron chi connectivity index (χ4n) is 2.97. The molecule has 0 saturated carbocycles. The van der Waals surface area contributed by atoms with Gasteiger partial charge in [-0.15, -0.1) is 0 Å². The van der Waals surface area contributed by atoms with Crippen LogP contribution in [0.15, 0.2) is 40.3 Å². The van der Waals surface area contributed by atoms with Crippen molar-refractivity contribution in [2.45, 2.75) is 45.1 Å². The minimum absolute atomic E-state index is 0.187. The average Bonchev–Trinajstić information content (AvgIpc) is 2.93. The smallest absolute Gasteiger partial charge is 0.333 e. The molecule has 0 bridgehead atoms. The lowest BCUT2D eigenvalue weighted by molar-refractivity contribution is -0.149. The van der Waals surface area contributed by atoms with Crippen LogP contribution in [0.5, 0.6) is 0 Å². The van der Waals surface area contributed by atoms with Gasteiger partial charge in [0, 0.05) is 12.7 Å². The second-order valence-electron chi connectivity index (χ2n) is 6.35. The van der Waals surface area contributed by atoms with E-state index in [1.807, 2.05) is 30.3 Å². The number of imidazole rings is 1. The Kier molecular flexibility index (Phi) is 6.03. The van der Waals surface area contributed by atoms with Crippen molar-refractivity contribution in [2.24, 2.45) is 0 Å².